The Morgan fingerprint density at radius 3 is 2.28 bits per heavy atom. The van der Waals surface area contributed by atoms with Crippen molar-refractivity contribution in [2.24, 2.45) is 0 Å². The molecule has 0 atom stereocenters. The normalized spacial score (nSPS) is 11.3. The molecule has 18 heavy (non-hydrogen) atoms. The fourth-order valence-corrected chi connectivity index (χ4v) is 2.11. The summed E-state index contributed by atoms with van der Waals surface area (Å²) in [6, 6.07) is 13.8. The molecule has 1 aromatic carbocycles. The van der Waals surface area contributed by atoms with Gasteiger partial charge < -0.3 is 8.83 Å². The molecular weight excluding hydrogens is 226 g/mol. The second-order valence-corrected chi connectivity index (χ2v) is 4.17. The summed E-state index contributed by atoms with van der Waals surface area (Å²) in [5.41, 5.74) is 1.64. The zero-order valence-corrected chi connectivity index (χ0v) is 9.46. The van der Waals surface area contributed by atoms with E-state index in [1.807, 2.05) is 42.5 Å². The molecule has 3 heterocycles. The smallest absolute Gasteiger partial charge is 0.170 e. The van der Waals surface area contributed by atoms with Gasteiger partial charge in [-0.1, -0.05) is 18.2 Å². The molecule has 3 heteroatoms. The summed E-state index contributed by atoms with van der Waals surface area (Å²) in [6.07, 6.45) is 3.46. The maximum absolute atomic E-state index is 5.77. The number of rotatable bonds is 1. The van der Waals surface area contributed by atoms with Gasteiger partial charge in [0, 0.05) is 17.0 Å². The highest BCUT2D eigenvalue weighted by molar-refractivity contribution is 5.85. The molecule has 3 aromatic heterocycles. The first-order valence-electron chi connectivity index (χ1n) is 5.73. The van der Waals surface area contributed by atoms with E-state index in [9.17, 15) is 0 Å². The maximum atomic E-state index is 5.77. The molecule has 0 N–H and O–H groups in total. The SMILES string of the molecule is c1ccc2oc(-c3cc4ccncc4o3)cc2c1. The average molecular weight is 235 g/mol. The molecule has 0 spiro atoms. The van der Waals surface area contributed by atoms with Gasteiger partial charge in [-0.2, -0.15) is 0 Å². The van der Waals surface area contributed by atoms with E-state index in [1.54, 1.807) is 12.4 Å². The molecule has 3 nitrogen and oxygen atoms in total. The summed E-state index contributed by atoms with van der Waals surface area (Å²) in [5, 5.41) is 2.10. The molecule has 0 amide bonds. The van der Waals surface area contributed by atoms with Gasteiger partial charge in [-0.25, -0.2) is 0 Å². The first-order chi connectivity index (χ1) is 8.90. The van der Waals surface area contributed by atoms with Crippen LogP contribution in [0.1, 0.15) is 0 Å². The van der Waals surface area contributed by atoms with Crippen LogP contribution in [0.4, 0.5) is 0 Å². The molecule has 0 aliphatic rings. The van der Waals surface area contributed by atoms with Crippen LogP contribution in [0.15, 0.2) is 63.7 Å². The van der Waals surface area contributed by atoms with Crippen molar-refractivity contribution < 1.29 is 8.83 Å². The number of hydrogen-bond acceptors (Lipinski definition) is 3. The van der Waals surface area contributed by atoms with Gasteiger partial charge in [0.25, 0.3) is 0 Å². The number of nitrogens with zero attached hydrogens (tertiary/aromatic N) is 1. The molecule has 0 aliphatic heterocycles. The maximum Gasteiger partial charge on any atom is 0.170 e. The number of hydrogen-bond donors (Lipinski definition) is 0. The van der Waals surface area contributed by atoms with Crippen molar-refractivity contribution in [1.29, 1.82) is 0 Å². The summed E-state index contributed by atoms with van der Waals surface area (Å²) < 4.78 is 11.5. The zero-order valence-electron chi connectivity index (χ0n) is 9.46. The first-order valence-corrected chi connectivity index (χ1v) is 5.73. The van der Waals surface area contributed by atoms with Crippen molar-refractivity contribution in [2.75, 3.05) is 0 Å². The van der Waals surface area contributed by atoms with E-state index in [2.05, 4.69) is 4.98 Å². The highest BCUT2D eigenvalue weighted by Gasteiger charge is 2.10. The fourth-order valence-electron chi connectivity index (χ4n) is 2.11. The molecule has 4 aromatic rings. The number of pyridine rings is 1. The Balaban J connectivity index is 1.95. The molecule has 0 radical (unpaired) electrons. The molecule has 0 aliphatic carbocycles. The van der Waals surface area contributed by atoms with Crippen LogP contribution in [0.5, 0.6) is 0 Å². The molecule has 0 saturated carbocycles. The average Bonchev–Trinajstić information content (AvgIpc) is 3.02. The van der Waals surface area contributed by atoms with Gasteiger partial charge in [0.15, 0.2) is 17.1 Å². The van der Waals surface area contributed by atoms with Gasteiger partial charge in [0.2, 0.25) is 0 Å². The van der Waals surface area contributed by atoms with Crippen LogP contribution >= 0.6 is 0 Å². The molecule has 4 rings (SSSR count). The molecule has 0 fully saturated rings. The third kappa shape index (κ3) is 1.34. The lowest BCUT2D eigenvalue weighted by Gasteiger charge is -1.87. The third-order valence-electron chi connectivity index (χ3n) is 2.99. The minimum atomic E-state index is 0.731. The lowest BCUT2D eigenvalue weighted by molar-refractivity contribution is 0.568. The van der Waals surface area contributed by atoms with Crippen LogP contribution in [0.2, 0.25) is 0 Å². The number of furan rings is 2. The second kappa shape index (κ2) is 3.47. The second-order valence-electron chi connectivity index (χ2n) is 4.17. The van der Waals surface area contributed by atoms with Crippen LogP contribution < -0.4 is 0 Å². The van der Waals surface area contributed by atoms with Crippen LogP contribution in [-0.2, 0) is 0 Å². The van der Waals surface area contributed by atoms with Crippen molar-refractivity contribution >= 4 is 21.9 Å². The van der Waals surface area contributed by atoms with Crippen LogP contribution in [-0.4, -0.2) is 4.98 Å². The predicted molar refractivity (Wildman–Crippen MR) is 69.2 cm³/mol. The molecule has 0 unspecified atom stereocenters. The standard InChI is InChI=1S/C15H9NO2/c1-2-4-12-10(3-1)7-13(17-12)14-8-11-5-6-16-9-15(11)18-14/h1-9H. The van der Waals surface area contributed by atoms with E-state index < -0.39 is 0 Å². The largest absolute Gasteiger partial charge is 0.453 e. The van der Waals surface area contributed by atoms with Crippen molar-refractivity contribution in [3.63, 3.8) is 0 Å². The Kier molecular flexibility index (Phi) is 1.83. The Morgan fingerprint density at radius 1 is 0.778 bits per heavy atom. The number of fused-ring (bicyclic) bond motifs is 2. The van der Waals surface area contributed by atoms with Crippen LogP contribution in [0.3, 0.4) is 0 Å². The lowest BCUT2D eigenvalue weighted by Crippen LogP contribution is -1.65. The number of para-hydroxylation sites is 1. The zero-order chi connectivity index (χ0) is 11.9. The van der Waals surface area contributed by atoms with Crippen molar-refractivity contribution in [2.45, 2.75) is 0 Å². The Bertz CT molecular complexity index is 704. The number of benzene rings is 1. The fraction of sp³-hybridized carbons (Fsp3) is 0. The third-order valence-corrected chi connectivity index (χ3v) is 2.99. The number of aromatic nitrogens is 1. The van der Waals surface area contributed by atoms with Gasteiger partial charge in [-0.05, 0) is 24.3 Å². The van der Waals surface area contributed by atoms with Gasteiger partial charge in [0.1, 0.15) is 5.58 Å². The summed E-state index contributed by atoms with van der Waals surface area (Å²) in [6.45, 7) is 0. The van der Waals surface area contributed by atoms with E-state index in [4.69, 9.17) is 8.83 Å². The highest BCUT2D eigenvalue weighted by atomic mass is 16.4. The van der Waals surface area contributed by atoms with Crippen molar-refractivity contribution in [3.05, 3.63) is 54.9 Å². The van der Waals surface area contributed by atoms with Crippen molar-refractivity contribution in [3.8, 4) is 11.5 Å². The van der Waals surface area contributed by atoms with Gasteiger partial charge >= 0.3 is 0 Å². The summed E-state index contributed by atoms with van der Waals surface area (Å²) in [4.78, 5) is 4.04. The Morgan fingerprint density at radius 2 is 1.50 bits per heavy atom. The van der Waals surface area contributed by atoms with E-state index in [0.29, 0.717) is 0 Å². The lowest BCUT2D eigenvalue weighted by atomic mass is 10.2. The summed E-state index contributed by atoms with van der Waals surface area (Å²) in [5.74, 6) is 1.47. The Hall–Kier alpha value is -2.55. The van der Waals surface area contributed by atoms with Gasteiger partial charge in [-0.15, -0.1) is 0 Å². The monoisotopic (exact) mass is 235 g/mol. The minimum Gasteiger partial charge on any atom is -0.453 e. The Labute approximate surface area is 103 Å². The van der Waals surface area contributed by atoms with E-state index in [0.717, 1.165) is 33.5 Å². The molecule has 0 bridgehead atoms. The highest BCUT2D eigenvalue weighted by Crippen LogP contribution is 2.31. The minimum absolute atomic E-state index is 0.731. The molecule has 86 valence electrons. The summed E-state index contributed by atoms with van der Waals surface area (Å²) >= 11 is 0. The van der Waals surface area contributed by atoms with E-state index in [-0.39, 0.29) is 0 Å². The first kappa shape index (κ1) is 9.48. The van der Waals surface area contributed by atoms with Crippen LogP contribution in [0, 0.1) is 0 Å². The topological polar surface area (TPSA) is 39.2 Å². The quantitative estimate of drug-likeness (QED) is 0.495. The van der Waals surface area contributed by atoms with Gasteiger partial charge in [-0.3, -0.25) is 4.98 Å². The van der Waals surface area contributed by atoms with Gasteiger partial charge in [0.05, 0.1) is 6.20 Å². The van der Waals surface area contributed by atoms with E-state index >= 15 is 0 Å². The molecule has 0 saturated heterocycles. The summed E-state index contributed by atoms with van der Waals surface area (Å²) in [7, 11) is 0. The van der Waals surface area contributed by atoms with Crippen LogP contribution in [0.25, 0.3) is 33.5 Å². The predicted octanol–water partition coefficient (Wildman–Crippen LogP) is 4.24. The molecular formula is C15H9NO2. The van der Waals surface area contributed by atoms with Crippen molar-refractivity contribution in [1.82, 2.24) is 4.98 Å². The van der Waals surface area contributed by atoms with E-state index in [1.165, 1.54) is 0 Å².